The summed E-state index contributed by atoms with van der Waals surface area (Å²) in [5.74, 6) is 2.00. The minimum Gasteiger partial charge on any atom is -0.439 e. The molecule has 0 saturated carbocycles. The number of benzene rings is 2. The monoisotopic (exact) mass is 447 g/mol. The summed E-state index contributed by atoms with van der Waals surface area (Å²) in [5, 5.41) is 1.09. The Morgan fingerprint density at radius 1 is 1.00 bits per heavy atom. The molecule has 2 aromatic carbocycles. The molecule has 0 aliphatic carbocycles. The fraction of sp³-hybridized carbons (Fsp3) is 0.370. The van der Waals surface area contributed by atoms with Gasteiger partial charge in [0.15, 0.2) is 5.76 Å². The van der Waals surface area contributed by atoms with Crippen molar-refractivity contribution in [1.29, 1.82) is 0 Å². The summed E-state index contributed by atoms with van der Waals surface area (Å²) in [6.07, 6.45) is 4.06. The molecule has 0 bridgehead atoms. The van der Waals surface area contributed by atoms with Crippen LogP contribution < -0.4 is 0 Å². The van der Waals surface area contributed by atoms with Crippen molar-refractivity contribution in [1.82, 2.24) is 14.9 Å². The van der Waals surface area contributed by atoms with Crippen LogP contribution >= 0.6 is 0 Å². The van der Waals surface area contributed by atoms with Gasteiger partial charge in [-0.2, -0.15) is 0 Å². The van der Waals surface area contributed by atoms with Crippen LogP contribution in [0.4, 0.5) is 0 Å². The lowest BCUT2D eigenvalue weighted by Crippen LogP contribution is -2.22. The summed E-state index contributed by atoms with van der Waals surface area (Å²) in [7, 11) is 4.14. The highest BCUT2D eigenvalue weighted by atomic mass is 17.2. The number of rotatable bonds is 11. The van der Waals surface area contributed by atoms with E-state index in [1.54, 1.807) is 0 Å². The first-order chi connectivity index (χ1) is 16.1. The number of nitrogens with zero attached hydrogens (tertiary/aromatic N) is 2. The van der Waals surface area contributed by atoms with E-state index >= 15 is 0 Å². The molecule has 1 unspecified atom stereocenters. The van der Waals surface area contributed by atoms with Gasteiger partial charge in [0.05, 0.1) is 6.04 Å². The lowest BCUT2D eigenvalue weighted by Gasteiger charge is -2.23. The van der Waals surface area contributed by atoms with Crippen LogP contribution in [0, 0.1) is 5.92 Å². The molecule has 1 N–H and O–H groups in total. The third-order valence-electron chi connectivity index (χ3n) is 6.13. The number of oxazole rings is 1. The van der Waals surface area contributed by atoms with Gasteiger partial charge >= 0.3 is 0 Å². The maximum Gasteiger partial charge on any atom is 0.212 e. The van der Waals surface area contributed by atoms with E-state index in [0.717, 1.165) is 46.3 Å². The molecule has 174 valence electrons. The lowest BCUT2D eigenvalue weighted by molar-refractivity contribution is -0.313. The van der Waals surface area contributed by atoms with E-state index in [2.05, 4.69) is 50.0 Å². The van der Waals surface area contributed by atoms with Crippen molar-refractivity contribution in [2.24, 2.45) is 5.92 Å². The van der Waals surface area contributed by atoms with Gasteiger partial charge in [-0.1, -0.05) is 68.8 Å². The molecule has 0 saturated heterocycles. The number of hydrogen-bond donors (Lipinski definition) is 1. The summed E-state index contributed by atoms with van der Waals surface area (Å²) >= 11 is 0. The predicted octanol–water partition coefficient (Wildman–Crippen LogP) is 6.51. The number of hydrogen-bond acceptors (Lipinski definition) is 5. The van der Waals surface area contributed by atoms with Crippen LogP contribution in [0.5, 0.6) is 0 Å². The van der Waals surface area contributed by atoms with E-state index in [0.29, 0.717) is 18.4 Å². The van der Waals surface area contributed by atoms with Crippen LogP contribution in [-0.4, -0.2) is 29.0 Å². The topological polar surface area (TPSA) is 63.5 Å². The Balaban J connectivity index is 1.61. The maximum atomic E-state index is 6.44. The zero-order valence-corrected chi connectivity index (χ0v) is 19.9. The van der Waals surface area contributed by atoms with Crippen LogP contribution in [0.1, 0.15) is 49.9 Å². The molecule has 6 heteroatoms. The quantitative estimate of drug-likeness (QED) is 0.161. The molecule has 4 aromatic rings. The average Bonchev–Trinajstić information content (AvgIpc) is 3.44. The Bertz CT molecular complexity index is 1150. The Morgan fingerprint density at radius 2 is 1.73 bits per heavy atom. The van der Waals surface area contributed by atoms with Crippen molar-refractivity contribution in [3.63, 3.8) is 0 Å². The van der Waals surface area contributed by atoms with Gasteiger partial charge in [-0.3, -0.25) is 4.90 Å². The van der Waals surface area contributed by atoms with E-state index in [9.17, 15) is 0 Å². The van der Waals surface area contributed by atoms with Crippen molar-refractivity contribution >= 4 is 10.9 Å². The standard InChI is InChI=1S/C27H33N3O3/c1-5-19(2)15-25(30(3)4)27-29-24(18-32-31-17-20-11-7-6-8-12-20)26(33-27)22-16-28-23-14-10-9-13-21(22)23/h6-14,16,19,25,28H,5,15,17-18H2,1-4H3/t19-,25?/m1/s1. The molecule has 2 aromatic heterocycles. The van der Waals surface area contributed by atoms with Crippen molar-refractivity contribution < 1.29 is 14.2 Å². The fourth-order valence-corrected chi connectivity index (χ4v) is 3.94. The van der Waals surface area contributed by atoms with Gasteiger partial charge < -0.3 is 9.40 Å². The zero-order chi connectivity index (χ0) is 23.2. The Kier molecular flexibility index (Phi) is 7.60. The first-order valence-electron chi connectivity index (χ1n) is 11.6. The second-order valence-electron chi connectivity index (χ2n) is 8.81. The SMILES string of the molecule is CC[C@@H](C)CC(c1nc(COOCc2ccccc2)c(-c2c[nH]c3ccccc23)o1)N(C)C. The summed E-state index contributed by atoms with van der Waals surface area (Å²) in [6.45, 7) is 5.06. The minimum absolute atomic E-state index is 0.0860. The van der Waals surface area contributed by atoms with E-state index in [1.807, 2.05) is 48.7 Å². The molecule has 0 amide bonds. The Morgan fingerprint density at radius 3 is 2.48 bits per heavy atom. The molecular weight excluding hydrogens is 414 g/mol. The van der Waals surface area contributed by atoms with Gasteiger partial charge in [-0.25, -0.2) is 14.8 Å². The van der Waals surface area contributed by atoms with E-state index in [-0.39, 0.29) is 12.6 Å². The second-order valence-corrected chi connectivity index (χ2v) is 8.81. The maximum absolute atomic E-state index is 6.44. The van der Waals surface area contributed by atoms with Crippen LogP contribution in [0.15, 0.2) is 65.2 Å². The van der Waals surface area contributed by atoms with Crippen molar-refractivity contribution in [3.05, 3.63) is 77.9 Å². The molecule has 2 atom stereocenters. The van der Waals surface area contributed by atoms with E-state index in [4.69, 9.17) is 19.2 Å². The first kappa shape index (κ1) is 23.2. The molecule has 0 aliphatic heterocycles. The number of aromatic amines is 1. The highest BCUT2D eigenvalue weighted by molar-refractivity contribution is 5.94. The van der Waals surface area contributed by atoms with E-state index < -0.39 is 0 Å². The number of H-pyrrole nitrogens is 1. The number of fused-ring (bicyclic) bond motifs is 1. The fourth-order valence-electron chi connectivity index (χ4n) is 3.94. The highest BCUT2D eigenvalue weighted by Gasteiger charge is 2.26. The molecule has 0 radical (unpaired) electrons. The average molecular weight is 448 g/mol. The van der Waals surface area contributed by atoms with Gasteiger partial charge in [0, 0.05) is 22.7 Å². The molecule has 4 rings (SSSR count). The van der Waals surface area contributed by atoms with Gasteiger partial charge in [-0.15, -0.1) is 0 Å². The molecule has 6 nitrogen and oxygen atoms in total. The number of nitrogens with one attached hydrogen (secondary N) is 1. The van der Waals surface area contributed by atoms with E-state index in [1.165, 1.54) is 0 Å². The van der Waals surface area contributed by atoms with Crippen LogP contribution in [-0.2, 0) is 23.0 Å². The lowest BCUT2D eigenvalue weighted by atomic mass is 9.98. The van der Waals surface area contributed by atoms with Crippen molar-refractivity contribution in [2.45, 2.75) is 45.9 Å². The molecular formula is C27H33N3O3. The van der Waals surface area contributed by atoms with Gasteiger partial charge in [0.25, 0.3) is 0 Å². The first-order valence-corrected chi connectivity index (χ1v) is 11.6. The van der Waals surface area contributed by atoms with Gasteiger partial charge in [0.1, 0.15) is 18.9 Å². The molecule has 2 heterocycles. The normalized spacial score (nSPS) is 13.6. The summed E-state index contributed by atoms with van der Waals surface area (Å²) in [5.41, 5.74) is 3.82. The number of aromatic nitrogens is 2. The van der Waals surface area contributed by atoms with Crippen molar-refractivity contribution in [3.8, 4) is 11.3 Å². The largest absolute Gasteiger partial charge is 0.439 e. The Labute approximate surface area is 195 Å². The van der Waals surface area contributed by atoms with Crippen molar-refractivity contribution in [2.75, 3.05) is 14.1 Å². The minimum atomic E-state index is 0.0860. The summed E-state index contributed by atoms with van der Waals surface area (Å²) in [4.78, 5) is 21.5. The predicted molar refractivity (Wildman–Crippen MR) is 130 cm³/mol. The van der Waals surface area contributed by atoms with Crippen LogP contribution in [0.3, 0.4) is 0 Å². The van der Waals surface area contributed by atoms with Gasteiger partial charge in [0.2, 0.25) is 5.89 Å². The molecule has 33 heavy (non-hydrogen) atoms. The summed E-state index contributed by atoms with van der Waals surface area (Å²) in [6, 6.07) is 18.2. The molecule has 0 spiro atoms. The smallest absolute Gasteiger partial charge is 0.212 e. The van der Waals surface area contributed by atoms with Crippen LogP contribution in [0.25, 0.3) is 22.2 Å². The zero-order valence-electron chi connectivity index (χ0n) is 19.9. The molecule has 0 fully saturated rings. The third-order valence-corrected chi connectivity index (χ3v) is 6.13. The van der Waals surface area contributed by atoms with Gasteiger partial charge in [-0.05, 0) is 38.1 Å². The highest BCUT2D eigenvalue weighted by Crippen LogP contribution is 2.36. The Hall–Kier alpha value is -2.93. The van der Waals surface area contributed by atoms with Crippen LogP contribution in [0.2, 0.25) is 0 Å². The summed E-state index contributed by atoms with van der Waals surface area (Å²) < 4.78 is 6.44. The third kappa shape index (κ3) is 5.53. The second kappa shape index (κ2) is 10.8. The number of para-hydroxylation sites is 1. The molecule has 0 aliphatic rings.